The summed E-state index contributed by atoms with van der Waals surface area (Å²) in [5, 5.41) is 0. The lowest BCUT2D eigenvalue weighted by Gasteiger charge is -2.12. The van der Waals surface area contributed by atoms with E-state index in [1.54, 1.807) is 18.5 Å². The first-order valence-corrected chi connectivity index (χ1v) is 6.98. The SMILES string of the molecule is COC(=O)c1ccc(-c2ccccc2)c(-c2ccncc2)c1. The van der Waals surface area contributed by atoms with Gasteiger partial charge in [-0.2, -0.15) is 0 Å². The van der Waals surface area contributed by atoms with Gasteiger partial charge < -0.3 is 4.74 Å². The first kappa shape index (κ1) is 14.0. The maximum atomic E-state index is 11.8. The Morgan fingerprint density at radius 2 is 1.55 bits per heavy atom. The quantitative estimate of drug-likeness (QED) is 0.678. The van der Waals surface area contributed by atoms with Crippen LogP contribution in [-0.4, -0.2) is 18.1 Å². The van der Waals surface area contributed by atoms with Crippen LogP contribution in [-0.2, 0) is 4.74 Å². The fraction of sp³-hybridized carbons (Fsp3) is 0.0526. The van der Waals surface area contributed by atoms with Crippen LogP contribution in [0.4, 0.5) is 0 Å². The standard InChI is InChI=1S/C19H15NO2/c1-22-19(21)16-7-8-17(14-5-3-2-4-6-14)18(13-16)15-9-11-20-12-10-15/h2-13H,1H3. The zero-order valence-corrected chi connectivity index (χ0v) is 12.2. The molecule has 2 aromatic carbocycles. The zero-order chi connectivity index (χ0) is 15.4. The van der Waals surface area contributed by atoms with Gasteiger partial charge in [-0.05, 0) is 46.5 Å². The van der Waals surface area contributed by atoms with Crippen molar-refractivity contribution in [1.82, 2.24) is 4.98 Å². The molecule has 0 fully saturated rings. The second kappa shape index (κ2) is 6.22. The van der Waals surface area contributed by atoms with Crippen LogP contribution in [0.1, 0.15) is 10.4 Å². The lowest BCUT2D eigenvalue weighted by Crippen LogP contribution is -2.01. The molecule has 0 unspecified atom stereocenters. The molecule has 3 nitrogen and oxygen atoms in total. The van der Waals surface area contributed by atoms with Gasteiger partial charge in [0.05, 0.1) is 12.7 Å². The van der Waals surface area contributed by atoms with Crippen LogP contribution in [0.3, 0.4) is 0 Å². The Balaban J connectivity index is 2.20. The lowest BCUT2D eigenvalue weighted by molar-refractivity contribution is 0.0601. The Kier molecular flexibility index (Phi) is 3.97. The average Bonchev–Trinajstić information content (AvgIpc) is 2.62. The molecule has 0 amide bonds. The van der Waals surface area contributed by atoms with Crippen LogP contribution in [0.25, 0.3) is 22.3 Å². The van der Waals surface area contributed by atoms with Crippen molar-refractivity contribution < 1.29 is 9.53 Å². The van der Waals surface area contributed by atoms with Gasteiger partial charge in [-0.25, -0.2) is 4.79 Å². The molecule has 3 aromatic rings. The Morgan fingerprint density at radius 3 is 2.23 bits per heavy atom. The number of hydrogen-bond acceptors (Lipinski definition) is 3. The third-order valence-corrected chi connectivity index (χ3v) is 3.52. The molecule has 0 bridgehead atoms. The molecule has 3 heteroatoms. The molecule has 0 saturated heterocycles. The van der Waals surface area contributed by atoms with E-state index in [-0.39, 0.29) is 5.97 Å². The van der Waals surface area contributed by atoms with Crippen molar-refractivity contribution in [3.63, 3.8) is 0 Å². The second-order valence-corrected chi connectivity index (χ2v) is 4.85. The third-order valence-electron chi connectivity index (χ3n) is 3.52. The molecule has 3 rings (SSSR count). The van der Waals surface area contributed by atoms with Gasteiger partial charge in [0, 0.05) is 12.4 Å². The topological polar surface area (TPSA) is 39.2 Å². The minimum Gasteiger partial charge on any atom is -0.465 e. The molecule has 0 aliphatic rings. The highest BCUT2D eigenvalue weighted by molar-refractivity contribution is 5.94. The fourth-order valence-electron chi connectivity index (χ4n) is 2.43. The average molecular weight is 289 g/mol. The summed E-state index contributed by atoms with van der Waals surface area (Å²) in [7, 11) is 1.39. The van der Waals surface area contributed by atoms with Gasteiger partial charge in [-0.1, -0.05) is 36.4 Å². The summed E-state index contributed by atoms with van der Waals surface area (Å²) < 4.78 is 4.82. The number of benzene rings is 2. The minimum atomic E-state index is -0.338. The van der Waals surface area contributed by atoms with E-state index in [0.29, 0.717) is 5.56 Å². The first-order valence-electron chi connectivity index (χ1n) is 6.98. The predicted octanol–water partition coefficient (Wildman–Crippen LogP) is 4.20. The fourth-order valence-corrected chi connectivity index (χ4v) is 2.43. The van der Waals surface area contributed by atoms with Gasteiger partial charge in [-0.15, -0.1) is 0 Å². The molecule has 0 N–H and O–H groups in total. The summed E-state index contributed by atoms with van der Waals surface area (Å²) in [5.74, 6) is -0.338. The monoisotopic (exact) mass is 289 g/mol. The maximum absolute atomic E-state index is 11.8. The van der Waals surface area contributed by atoms with Crippen LogP contribution >= 0.6 is 0 Å². The normalized spacial score (nSPS) is 10.2. The summed E-state index contributed by atoms with van der Waals surface area (Å²) in [6, 6.07) is 19.6. The number of nitrogens with zero attached hydrogens (tertiary/aromatic N) is 1. The molecule has 0 aliphatic carbocycles. The van der Waals surface area contributed by atoms with Crippen molar-refractivity contribution in [2.45, 2.75) is 0 Å². The van der Waals surface area contributed by atoms with Crippen molar-refractivity contribution in [2.75, 3.05) is 7.11 Å². The van der Waals surface area contributed by atoms with E-state index in [4.69, 9.17) is 4.74 Å². The van der Waals surface area contributed by atoms with Gasteiger partial charge in [-0.3, -0.25) is 4.98 Å². The first-order chi connectivity index (χ1) is 10.8. The Labute approximate surface area is 129 Å². The van der Waals surface area contributed by atoms with Crippen LogP contribution in [0.5, 0.6) is 0 Å². The van der Waals surface area contributed by atoms with E-state index >= 15 is 0 Å². The zero-order valence-electron chi connectivity index (χ0n) is 12.2. The van der Waals surface area contributed by atoms with Crippen LogP contribution in [0, 0.1) is 0 Å². The highest BCUT2D eigenvalue weighted by atomic mass is 16.5. The van der Waals surface area contributed by atoms with E-state index in [9.17, 15) is 4.79 Å². The summed E-state index contributed by atoms with van der Waals surface area (Å²) >= 11 is 0. The summed E-state index contributed by atoms with van der Waals surface area (Å²) in [5.41, 5.74) is 4.70. The van der Waals surface area contributed by atoms with Gasteiger partial charge in [0.2, 0.25) is 0 Å². The molecule has 0 saturated carbocycles. The van der Waals surface area contributed by atoms with Crippen molar-refractivity contribution in [1.29, 1.82) is 0 Å². The van der Waals surface area contributed by atoms with Crippen molar-refractivity contribution in [2.24, 2.45) is 0 Å². The number of hydrogen-bond donors (Lipinski definition) is 0. The molecular formula is C19H15NO2. The highest BCUT2D eigenvalue weighted by Gasteiger charge is 2.12. The van der Waals surface area contributed by atoms with E-state index in [2.05, 4.69) is 17.1 Å². The van der Waals surface area contributed by atoms with Crippen molar-refractivity contribution in [3.8, 4) is 22.3 Å². The maximum Gasteiger partial charge on any atom is 0.337 e. The third kappa shape index (κ3) is 2.74. The number of methoxy groups -OCH3 is 1. The second-order valence-electron chi connectivity index (χ2n) is 4.85. The molecule has 0 radical (unpaired) electrons. The lowest BCUT2D eigenvalue weighted by atomic mass is 9.93. The number of pyridine rings is 1. The summed E-state index contributed by atoms with van der Waals surface area (Å²) in [6.45, 7) is 0. The van der Waals surface area contributed by atoms with E-state index < -0.39 is 0 Å². The van der Waals surface area contributed by atoms with Crippen LogP contribution < -0.4 is 0 Å². The largest absolute Gasteiger partial charge is 0.465 e. The Bertz CT molecular complexity index is 783. The molecule has 1 aromatic heterocycles. The van der Waals surface area contributed by atoms with E-state index in [0.717, 1.165) is 22.3 Å². The van der Waals surface area contributed by atoms with Crippen LogP contribution in [0.15, 0.2) is 73.1 Å². The predicted molar refractivity (Wildman–Crippen MR) is 86.4 cm³/mol. The number of esters is 1. The molecule has 0 spiro atoms. The number of ether oxygens (including phenoxy) is 1. The summed E-state index contributed by atoms with van der Waals surface area (Å²) in [6.07, 6.45) is 3.49. The minimum absolute atomic E-state index is 0.338. The number of carbonyl (C=O) groups excluding carboxylic acids is 1. The van der Waals surface area contributed by atoms with Gasteiger partial charge in [0.1, 0.15) is 0 Å². The number of carbonyl (C=O) groups is 1. The number of aromatic nitrogens is 1. The smallest absolute Gasteiger partial charge is 0.337 e. The molecule has 108 valence electrons. The van der Waals surface area contributed by atoms with Crippen LogP contribution in [0.2, 0.25) is 0 Å². The molecule has 0 atom stereocenters. The Morgan fingerprint density at radius 1 is 0.864 bits per heavy atom. The summed E-state index contributed by atoms with van der Waals surface area (Å²) in [4.78, 5) is 15.9. The number of rotatable bonds is 3. The van der Waals surface area contributed by atoms with Crippen molar-refractivity contribution >= 4 is 5.97 Å². The molecular weight excluding hydrogens is 274 g/mol. The Hall–Kier alpha value is -2.94. The van der Waals surface area contributed by atoms with Gasteiger partial charge >= 0.3 is 5.97 Å². The molecule has 1 heterocycles. The van der Waals surface area contributed by atoms with Gasteiger partial charge in [0.15, 0.2) is 0 Å². The molecule has 0 aliphatic heterocycles. The highest BCUT2D eigenvalue weighted by Crippen LogP contribution is 2.32. The van der Waals surface area contributed by atoms with Crippen molar-refractivity contribution in [3.05, 3.63) is 78.6 Å². The van der Waals surface area contributed by atoms with E-state index in [1.807, 2.05) is 42.5 Å². The molecule has 22 heavy (non-hydrogen) atoms. The van der Waals surface area contributed by atoms with E-state index in [1.165, 1.54) is 7.11 Å². The van der Waals surface area contributed by atoms with Gasteiger partial charge in [0.25, 0.3) is 0 Å².